The van der Waals surface area contributed by atoms with E-state index in [-0.39, 0.29) is 10.5 Å². The molecule has 0 aliphatic heterocycles. The molecule has 0 radical (unpaired) electrons. The van der Waals surface area contributed by atoms with Crippen LogP contribution in [0.25, 0.3) is 0 Å². The van der Waals surface area contributed by atoms with Crippen LogP contribution < -0.4 is 5.32 Å². The topological polar surface area (TPSA) is 106 Å². The molecular weight excluding hydrogens is 472 g/mol. The van der Waals surface area contributed by atoms with Gasteiger partial charge < -0.3 is 5.32 Å². The van der Waals surface area contributed by atoms with Crippen molar-refractivity contribution in [3.63, 3.8) is 0 Å². The van der Waals surface area contributed by atoms with Gasteiger partial charge in [0.05, 0.1) is 15.9 Å². The zero-order valence-corrected chi connectivity index (χ0v) is 18.2. The van der Waals surface area contributed by atoms with Crippen LogP contribution in [0.4, 0.5) is 5.69 Å². The zero-order valence-electron chi connectivity index (χ0n) is 15.8. The highest BCUT2D eigenvalue weighted by atomic mass is 79.9. The molecule has 0 spiro atoms. The van der Waals surface area contributed by atoms with E-state index >= 15 is 0 Å². The summed E-state index contributed by atoms with van der Waals surface area (Å²) in [7, 11) is -3.74. The monoisotopic (exact) mass is 488 g/mol. The molecule has 30 heavy (non-hydrogen) atoms. The zero-order chi connectivity index (χ0) is 21.9. The van der Waals surface area contributed by atoms with Gasteiger partial charge in [0.1, 0.15) is 0 Å². The number of nitrogens with zero attached hydrogens (tertiary/aromatic N) is 1. The van der Waals surface area contributed by atoms with Crippen LogP contribution in [-0.2, 0) is 9.84 Å². The summed E-state index contributed by atoms with van der Waals surface area (Å²) < 4.78 is 24.7. The molecule has 0 aliphatic rings. The number of amides is 1. The van der Waals surface area contributed by atoms with E-state index in [4.69, 9.17) is 0 Å². The van der Waals surface area contributed by atoms with Crippen LogP contribution in [0.15, 0.2) is 82.2 Å². The van der Waals surface area contributed by atoms with Gasteiger partial charge in [0, 0.05) is 28.4 Å². The van der Waals surface area contributed by atoms with Gasteiger partial charge in [0.25, 0.3) is 11.6 Å². The Morgan fingerprint density at radius 2 is 1.60 bits per heavy atom. The largest absolute Gasteiger partial charge is 0.341 e. The number of sulfone groups is 1. The maximum absolute atomic E-state index is 13.0. The third-order valence-corrected chi connectivity index (χ3v) is 6.02. The lowest BCUT2D eigenvalue weighted by molar-refractivity contribution is -0.385. The molecule has 1 N–H and O–H groups in total. The fraction of sp³-hybridized carbons (Fsp3) is 0.0952. The minimum atomic E-state index is -3.74. The number of hydrogen-bond acceptors (Lipinski definition) is 5. The van der Waals surface area contributed by atoms with Crippen LogP contribution >= 0.6 is 15.9 Å². The van der Waals surface area contributed by atoms with E-state index in [2.05, 4.69) is 21.2 Å². The minimum absolute atomic E-state index is 0.109. The lowest BCUT2D eigenvalue weighted by Gasteiger charge is -2.20. The van der Waals surface area contributed by atoms with Crippen molar-refractivity contribution in [2.75, 3.05) is 6.26 Å². The van der Waals surface area contributed by atoms with E-state index in [1.54, 1.807) is 0 Å². The van der Waals surface area contributed by atoms with Gasteiger partial charge in [-0.15, -0.1) is 0 Å². The number of nitro groups is 1. The summed E-state index contributed by atoms with van der Waals surface area (Å²) in [4.78, 5) is 23.2. The van der Waals surface area contributed by atoms with E-state index in [1.165, 1.54) is 0 Å². The number of carbonyl (C=O) groups is 1. The highest BCUT2D eigenvalue weighted by molar-refractivity contribution is 9.10. The van der Waals surface area contributed by atoms with Gasteiger partial charge in [-0.25, -0.2) is 8.42 Å². The molecule has 0 bridgehead atoms. The van der Waals surface area contributed by atoms with Crippen molar-refractivity contribution in [1.82, 2.24) is 5.32 Å². The molecule has 0 aromatic heterocycles. The minimum Gasteiger partial charge on any atom is -0.341 e. The highest BCUT2D eigenvalue weighted by Crippen LogP contribution is 2.26. The summed E-state index contributed by atoms with van der Waals surface area (Å²) in [5, 5.41) is 14.1. The molecule has 1 unspecified atom stereocenters. The third kappa shape index (κ3) is 5.11. The van der Waals surface area contributed by atoms with Crippen LogP contribution in [-0.4, -0.2) is 25.5 Å². The van der Waals surface area contributed by atoms with Gasteiger partial charge in [-0.2, -0.15) is 0 Å². The van der Waals surface area contributed by atoms with Crippen LogP contribution in [0, 0.1) is 10.1 Å². The first-order valence-electron chi connectivity index (χ1n) is 8.76. The van der Waals surface area contributed by atoms with E-state index < -0.39 is 32.4 Å². The van der Waals surface area contributed by atoms with E-state index in [0.717, 1.165) is 40.1 Å². The maximum atomic E-state index is 13.0. The molecule has 0 fully saturated rings. The van der Waals surface area contributed by atoms with E-state index in [0.29, 0.717) is 0 Å². The first-order chi connectivity index (χ1) is 14.1. The summed E-state index contributed by atoms with van der Waals surface area (Å²) in [5.41, 5.74) is 1.03. The molecular formula is C21H17BrN2O5S. The SMILES string of the molecule is CS(=O)(=O)c1cc(C(=O)NC(c2ccccc2)c2ccc(Br)cc2)cc([N+](=O)[O-])c1. The van der Waals surface area contributed by atoms with Crippen LogP contribution in [0.1, 0.15) is 27.5 Å². The molecule has 3 rings (SSSR count). The molecule has 0 saturated carbocycles. The predicted molar refractivity (Wildman–Crippen MR) is 116 cm³/mol. The van der Waals surface area contributed by atoms with E-state index in [1.807, 2.05) is 54.6 Å². The van der Waals surface area contributed by atoms with Gasteiger partial charge >= 0.3 is 0 Å². The molecule has 9 heteroatoms. The second kappa shape index (κ2) is 8.76. The Kier molecular flexibility index (Phi) is 6.33. The smallest absolute Gasteiger partial charge is 0.271 e. The Hall–Kier alpha value is -3.04. The lowest BCUT2D eigenvalue weighted by atomic mass is 9.98. The first kappa shape index (κ1) is 21.7. The van der Waals surface area contributed by atoms with Crippen LogP contribution in [0.5, 0.6) is 0 Å². The average Bonchev–Trinajstić information content (AvgIpc) is 2.72. The van der Waals surface area contributed by atoms with Crippen LogP contribution in [0.2, 0.25) is 0 Å². The summed E-state index contributed by atoms with van der Waals surface area (Å²) in [6, 6.07) is 19.2. The Morgan fingerprint density at radius 3 is 2.17 bits per heavy atom. The van der Waals surface area contributed by atoms with Crippen molar-refractivity contribution in [3.8, 4) is 0 Å². The van der Waals surface area contributed by atoms with Crippen LogP contribution in [0.3, 0.4) is 0 Å². The summed E-state index contributed by atoms with van der Waals surface area (Å²) >= 11 is 3.38. The maximum Gasteiger partial charge on any atom is 0.271 e. The van der Waals surface area contributed by atoms with Gasteiger partial charge in [-0.05, 0) is 29.3 Å². The molecule has 1 amide bonds. The number of nitrogens with one attached hydrogen (secondary N) is 1. The number of carbonyl (C=O) groups excluding carboxylic acids is 1. The molecule has 3 aromatic carbocycles. The van der Waals surface area contributed by atoms with Crippen molar-refractivity contribution in [3.05, 3.63) is 104 Å². The molecule has 7 nitrogen and oxygen atoms in total. The Balaban J connectivity index is 2.03. The first-order valence-corrected chi connectivity index (χ1v) is 11.4. The standard InChI is InChI=1S/C21H17BrN2O5S/c1-30(28,29)19-12-16(11-18(13-19)24(26)27)21(25)23-20(14-5-3-2-4-6-14)15-7-9-17(22)10-8-15/h2-13,20H,1H3,(H,23,25). The quantitative estimate of drug-likeness (QED) is 0.411. The number of hydrogen-bond donors (Lipinski definition) is 1. The summed E-state index contributed by atoms with van der Waals surface area (Å²) in [6.45, 7) is 0. The molecule has 0 heterocycles. The second-order valence-corrected chi connectivity index (χ2v) is 9.54. The fourth-order valence-electron chi connectivity index (χ4n) is 2.91. The normalized spacial score (nSPS) is 12.2. The molecule has 1 atom stereocenters. The Labute approximate surface area is 181 Å². The molecule has 0 saturated heterocycles. The van der Waals surface area contributed by atoms with E-state index in [9.17, 15) is 23.3 Å². The second-order valence-electron chi connectivity index (χ2n) is 6.61. The van der Waals surface area contributed by atoms with Gasteiger partial charge in [0.15, 0.2) is 9.84 Å². The average molecular weight is 489 g/mol. The predicted octanol–water partition coefficient (Wildman–Crippen LogP) is 4.28. The van der Waals surface area contributed by atoms with Gasteiger partial charge in [-0.1, -0.05) is 58.4 Å². The number of benzene rings is 3. The Bertz CT molecular complexity index is 1200. The van der Waals surface area contributed by atoms with Gasteiger partial charge in [0.2, 0.25) is 0 Å². The molecule has 0 aliphatic carbocycles. The van der Waals surface area contributed by atoms with Crippen molar-refractivity contribution >= 4 is 37.4 Å². The molecule has 154 valence electrons. The Morgan fingerprint density at radius 1 is 1.00 bits per heavy atom. The third-order valence-electron chi connectivity index (χ3n) is 4.40. The van der Waals surface area contributed by atoms with Crippen molar-refractivity contribution < 1.29 is 18.1 Å². The highest BCUT2D eigenvalue weighted by Gasteiger charge is 2.22. The lowest BCUT2D eigenvalue weighted by Crippen LogP contribution is -2.29. The number of halogens is 1. The van der Waals surface area contributed by atoms with Gasteiger partial charge in [-0.3, -0.25) is 14.9 Å². The van der Waals surface area contributed by atoms with Crippen molar-refractivity contribution in [2.24, 2.45) is 0 Å². The number of nitro benzene ring substituents is 1. The molecule has 3 aromatic rings. The fourth-order valence-corrected chi connectivity index (χ4v) is 3.85. The summed E-state index contributed by atoms with van der Waals surface area (Å²) in [5.74, 6) is -0.625. The van der Waals surface area contributed by atoms with Crippen molar-refractivity contribution in [1.29, 1.82) is 0 Å². The summed E-state index contributed by atoms with van der Waals surface area (Å²) in [6.07, 6.45) is 0.933. The number of non-ortho nitro benzene ring substituents is 1. The van der Waals surface area contributed by atoms with Crippen molar-refractivity contribution in [2.45, 2.75) is 10.9 Å². The number of rotatable bonds is 6.